The topological polar surface area (TPSA) is 80.3 Å². The number of benzene rings is 1. The highest BCUT2D eigenvalue weighted by Gasteiger charge is 2.44. The van der Waals surface area contributed by atoms with Crippen LogP contribution in [0.3, 0.4) is 0 Å². The molecule has 1 saturated carbocycles. The Kier molecular flexibility index (Phi) is 5.04. The average molecular weight is 343 g/mol. The highest BCUT2D eigenvalue weighted by atomic mass is 19.1. The van der Waals surface area contributed by atoms with Crippen LogP contribution in [0, 0.1) is 11.7 Å². The predicted molar refractivity (Wildman–Crippen MR) is 90.7 cm³/mol. The summed E-state index contributed by atoms with van der Waals surface area (Å²) < 4.78 is 19.0. The minimum absolute atomic E-state index is 0.0925. The molecule has 2 N–H and O–H groups in total. The van der Waals surface area contributed by atoms with Crippen molar-refractivity contribution in [3.63, 3.8) is 0 Å². The number of carbonyl (C=O) groups is 2. The number of ether oxygens (including phenoxy) is 1. The molecule has 2 amide bonds. The molecule has 0 unspecified atom stereocenters. The molecule has 25 heavy (non-hydrogen) atoms. The first-order valence-corrected chi connectivity index (χ1v) is 8.03. The van der Waals surface area contributed by atoms with Crippen LogP contribution in [0.2, 0.25) is 0 Å². The van der Waals surface area contributed by atoms with Crippen molar-refractivity contribution < 1.29 is 18.7 Å². The monoisotopic (exact) mass is 343 g/mol. The van der Waals surface area contributed by atoms with Crippen LogP contribution < -0.4 is 10.6 Å². The second kappa shape index (κ2) is 7.40. The largest absolute Gasteiger partial charge is 0.378 e. The third kappa shape index (κ3) is 4.19. The number of halogens is 1. The highest BCUT2D eigenvalue weighted by Crippen LogP contribution is 2.35. The molecule has 2 aromatic rings. The maximum Gasteiger partial charge on any atom is 0.274 e. The van der Waals surface area contributed by atoms with Crippen molar-refractivity contribution >= 4 is 23.2 Å². The van der Waals surface area contributed by atoms with Crippen LogP contribution in [0.15, 0.2) is 42.6 Å². The third-order valence-electron chi connectivity index (χ3n) is 3.83. The summed E-state index contributed by atoms with van der Waals surface area (Å²) in [6.45, 7) is 2.41. The first-order chi connectivity index (χ1) is 12.1. The predicted octanol–water partition coefficient (Wildman–Crippen LogP) is 2.84. The Morgan fingerprint density at radius 2 is 2.08 bits per heavy atom. The zero-order valence-corrected chi connectivity index (χ0v) is 13.7. The quantitative estimate of drug-likeness (QED) is 0.845. The summed E-state index contributed by atoms with van der Waals surface area (Å²) in [5.74, 6) is -1.45. The number of anilines is 2. The minimum atomic E-state index is -0.511. The van der Waals surface area contributed by atoms with Crippen molar-refractivity contribution in [2.75, 3.05) is 17.2 Å². The Bertz CT molecular complexity index is 782. The van der Waals surface area contributed by atoms with E-state index in [0.717, 1.165) is 0 Å². The van der Waals surface area contributed by atoms with E-state index < -0.39 is 11.7 Å². The summed E-state index contributed by atoms with van der Waals surface area (Å²) in [6, 6.07) is 8.74. The van der Waals surface area contributed by atoms with E-state index in [1.165, 1.54) is 24.4 Å². The molecular formula is C18H18FN3O3. The molecule has 2 atom stereocenters. The summed E-state index contributed by atoms with van der Waals surface area (Å²) in [6.07, 6.45) is 2.05. The highest BCUT2D eigenvalue weighted by molar-refractivity contribution is 6.06. The molecule has 7 heteroatoms. The normalized spacial score (nSPS) is 18.5. The van der Waals surface area contributed by atoms with E-state index in [2.05, 4.69) is 15.6 Å². The van der Waals surface area contributed by atoms with E-state index in [1.807, 2.05) is 6.92 Å². The standard InChI is InChI=1S/C18H18FN3O3/c1-2-25-16-10-12(16)17(23)22-15-9-11(19)6-7-13(15)21-18(24)14-5-3-4-8-20-14/h3-9,12,16H,2,10H2,1H3,(H,21,24)(H,22,23)/t12-,16+/m0/s1. The van der Waals surface area contributed by atoms with Crippen molar-refractivity contribution in [3.8, 4) is 0 Å². The fourth-order valence-corrected chi connectivity index (χ4v) is 2.48. The van der Waals surface area contributed by atoms with Crippen molar-refractivity contribution in [3.05, 3.63) is 54.1 Å². The van der Waals surface area contributed by atoms with E-state index in [9.17, 15) is 14.0 Å². The summed E-state index contributed by atoms with van der Waals surface area (Å²) in [4.78, 5) is 28.4. The van der Waals surface area contributed by atoms with Crippen molar-refractivity contribution in [1.29, 1.82) is 0 Å². The van der Waals surface area contributed by atoms with Gasteiger partial charge in [-0.15, -0.1) is 0 Å². The third-order valence-corrected chi connectivity index (χ3v) is 3.83. The van der Waals surface area contributed by atoms with E-state index in [-0.39, 0.29) is 29.3 Å². The van der Waals surface area contributed by atoms with E-state index >= 15 is 0 Å². The van der Waals surface area contributed by atoms with Gasteiger partial charge in [-0.05, 0) is 43.7 Å². The Balaban J connectivity index is 1.72. The van der Waals surface area contributed by atoms with Crippen LogP contribution >= 0.6 is 0 Å². The van der Waals surface area contributed by atoms with E-state index in [1.54, 1.807) is 18.2 Å². The van der Waals surface area contributed by atoms with Gasteiger partial charge in [-0.3, -0.25) is 14.6 Å². The first-order valence-electron chi connectivity index (χ1n) is 8.03. The molecule has 0 spiro atoms. The Labute approximate surface area is 144 Å². The minimum Gasteiger partial charge on any atom is -0.378 e. The van der Waals surface area contributed by atoms with Gasteiger partial charge >= 0.3 is 0 Å². The summed E-state index contributed by atoms with van der Waals surface area (Å²) >= 11 is 0. The molecule has 1 aliphatic carbocycles. The van der Waals surface area contributed by atoms with Gasteiger partial charge in [0.1, 0.15) is 11.5 Å². The van der Waals surface area contributed by atoms with Gasteiger partial charge in [-0.25, -0.2) is 4.39 Å². The number of rotatable bonds is 6. The lowest BCUT2D eigenvalue weighted by atomic mass is 10.2. The smallest absolute Gasteiger partial charge is 0.274 e. The molecule has 1 heterocycles. The van der Waals surface area contributed by atoms with Gasteiger partial charge in [-0.2, -0.15) is 0 Å². The van der Waals surface area contributed by atoms with Gasteiger partial charge in [0.2, 0.25) is 5.91 Å². The first kappa shape index (κ1) is 17.0. The lowest BCUT2D eigenvalue weighted by molar-refractivity contribution is -0.118. The maximum absolute atomic E-state index is 13.6. The molecular weight excluding hydrogens is 325 g/mol. The number of hydrogen-bond donors (Lipinski definition) is 2. The molecule has 1 fully saturated rings. The molecule has 3 rings (SSSR count). The summed E-state index contributed by atoms with van der Waals surface area (Å²) in [7, 11) is 0. The molecule has 0 saturated heterocycles. The Hall–Kier alpha value is -2.80. The molecule has 0 bridgehead atoms. The van der Waals surface area contributed by atoms with Gasteiger partial charge in [0.25, 0.3) is 5.91 Å². The number of nitrogens with zero attached hydrogens (tertiary/aromatic N) is 1. The fraction of sp³-hybridized carbons (Fsp3) is 0.278. The Morgan fingerprint density at radius 3 is 2.80 bits per heavy atom. The van der Waals surface area contributed by atoms with E-state index in [4.69, 9.17) is 4.74 Å². The number of aromatic nitrogens is 1. The number of carbonyl (C=O) groups excluding carboxylic acids is 2. The van der Waals surface area contributed by atoms with E-state index in [0.29, 0.717) is 18.7 Å². The second-order valence-electron chi connectivity index (χ2n) is 5.68. The van der Waals surface area contributed by atoms with Crippen LogP contribution in [-0.4, -0.2) is 29.5 Å². The van der Waals surface area contributed by atoms with Gasteiger partial charge in [0, 0.05) is 12.8 Å². The lowest BCUT2D eigenvalue weighted by Crippen LogP contribution is -2.20. The second-order valence-corrected chi connectivity index (χ2v) is 5.68. The van der Waals surface area contributed by atoms with Crippen LogP contribution in [-0.2, 0) is 9.53 Å². The van der Waals surface area contributed by atoms with Crippen molar-refractivity contribution in [2.45, 2.75) is 19.4 Å². The molecule has 0 radical (unpaired) electrons. The molecule has 0 aliphatic heterocycles. The van der Waals surface area contributed by atoms with Crippen LogP contribution in [0.4, 0.5) is 15.8 Å². The maximum atomic E-state index is 13.6. The number of amides is 2. The van der Waals surface area contributed by atoms with Gasteiger partial charge in [0.05, 0.1) is 23.4 Å². The Morgan fingerprint density at radius 1 is 1.24 bits per heavy atom. The van der Waals surface area contributed by atoms with Crippen LogP contribution in [0.1, 0.15) is 23.8 Å². The SMILES string of the molecule is CCO[C@@H]1C[C@@H]1C(=O)Nc1cc(F)ccc1NC(=O)c1ccccn1. The number of hydrogen-bond acceptors (Lipinski definition) is 4. The molecule has 1 aliphatic rings. The number of nitrogens with one attached hydrogen (secondary N) is 2. The number of pyridine rings is 1. The van der Waals surface area contributed by atoms with Crippen molar-refractivity contribution in [1.82, 2.24) is 4.98 Å². The molecule has 1 aromatic carbocycles. The molecule has 6 nitrogen and oxygen atoms in total. The zero-order valence-electron chi connectivity index (χ0n) is 13.7. The van der Waals surface area contributed by atoms with Gasteiger partial charge in [-0.1, -0.05) is 6.07 Å². The van der Waals surface area contributed by atoms with Crippen molar-refractivity contribution in [2.24, 2.45) is 5.92 Å². The summed E-state index contributed by atoms with van der Waals surface area (Å²) in [5.41, 5.74) is 0.734. The fourth-order valence-electron chi connectivity index (χ4n) is 2.48. The molecule has 1 aromatic heterocycles. The summed E-state index contributed by atoms with van der Waals surface area (Å²) in [5, 5.41) is 5.31. The van der Waals surface area contributed by atoms with Crippen LogP contribution in [0.25, 0.3) is 0 Å². The molecule has 130 valence electrons. The van der Waals surface area contributed by atoms with Crippen LogP contribution in [0.5, 0.6) is 0 Å². The lowest BCUT2D eigenvalue weighted by Gasteiger charge is -2.12. The zero-order chi connectivity index (χ0) is 17.8. The van der Waals surface area contributed by atoms with Gasteiger partial charge < -0.3 is 15.4 Å². The average Bonchev–Trinajstić information content (AvgIpc) is 3.38. The van der Waals surface area contributed by atoms with Gasteiger partial charge in [0.15, 0.2) is 0 Å².